The third-order valence-electron chi connectivity index (χ3n) is 3.10. The molecule has 2 aromatic carbocycles. The minimum atomic E-state index is -0.467. The maximum Gasteiger partial charge on any atom is 0.259 e. The highest BCUT2D eigenvalue weighted by Crippen LogP contribution is 2.25. The molecule has 0 spiro atoms. The van der Waals surface area contributed by atoms with E-state index in [1.807, 2.05) is 0 Å². The normalized spacial score (nSPS) is 10.5. The number of hydrazone groups is 1. The van der Waals surface area contributed by atoms with Crippen LogP contribution in [0.5, 0.6) is 11.5 Å². The van der Waals surface area contributed by atoms with Crippen molar-refractivity contribution in [3.8, 4) is 11.5 Å². The summed E-state index contributed by atoms with van der Waals surface area (Å²) in [6.45, 7) is -0.207. The van der Waals surface area contributed by atoms with Crippen LogP contribution in [0.4, 0.5) is 0 Å². The molecule has 0 bridgehead atoms. The van der Waals surface area contributed by atoms with Crippen LogP contribution in [-0.4, -0.2) is 36.8 Å². The number of hydrogen-bond acceptors (Lipinski definition) is 5. The molecule has 0 saturated heterocycles. The minimum Gasteiger partial charge on any atom is -0.504 e. The summed E-state index contributed by atoms with van der Waals surface area (Å²) in [6.07, 6.45) is 1.40. The van der Waals surface area contributed by atoms with Crippen molar-refractivity contribution in [2.75, 3.05) is 13.7 Å². The molecule has 0 aliphatic rings. The van der Waals surface area contributed by atoms with Crippen molar-refractivity contribution in [3.63, 3.8) is 0 Å². The number of rotatable bonds is 6. The molecule has 0 aliphatic carbocycles. The lowest BCUT2D eigenvalue weighted by Crippen LogP contribution is -2.34. The fourth-order valence-corrected chi connectivity index (χ4v) is 2.28. The number of nitrogens with zero attached hydrogens (tertiary/aromatic N) is 1. The van der Waals surface area contributed by atoms with E-state index in [-0.39, 0.29) is 18.2 Å². The Balaban J connectivity index is 1.83. The highest BCUT2D eigenvalue weighted by Gasteiger charge is 2.07. The monoisotopic (exact) mass is 405 g/mol. The van der Waals surface area contributed by atoms with Crippen LogP contribution >= 0.6 is 15.9 Å². The molecule has 130 valence electrons. The molecular formula is C17H16BrN3O4. The van der Waals surface area contributed by atoms with Crippen LogP contribution in [0, 0.1) is 0 Å². The van der Waals surface area contributed by atoms with E-state index in [0.29, 0.717) is 16.9 Å². The van der Waals surface area contributed by atoms with Gasteiger partial charge in [0.05, 0.1) is 19.9 Å². The third-order valence-corrected chi connectivity index (χ3v) is 3.60. The number of carbonyl (C=O) groups is 2. The third kappa shape index (κ3) is 5.61. The van der Waals surface area contributed by atoms with Crippen molar-refractivity contribution in [1.29, 1.82) is 0 Å². The van der Waals surface area contributed by atoms with Crippen LogP contribution in [0.15, 0.2) is 52.0 Å². The Morgan fingerprint density at radius 2 is 2.08 bits per heavy atom. The van der Waals surface area contributed by atoms with E-state index in [1.54, 1.807) is 36.4 Å². The zero-order valence-electron chi connectivity index (χ0n) is 13.3. The van der Waals surface area contributed by atoms with E-state index in [0.717, 1.165) is 4.47 Å². The first-order chi connectivity index (χ1) is 12.0. The minimum absolute atomic E-state index is 0.0129. The summed E-state index contributed by atoms with van der Waals surface area (Å²) < 4.78 is 5.75. The average Bonchev–Trinajstić information content (AvgIpc) is 2.61. The molecule has 25 heavy (non-hydrogen) atoms. The molecule has 8 heteroatoms. The molecule has 7 nitrogen and oxygen atoms in total. The Bertz CT molecular complexity index is 808. The second-order valence-corrected chi connectivity index (χ2v) is 5.83. The predicted octanol–water partition coefficient (Wildman–Crippen LogP) is 2.04. The summed E-state index contributed by atoms with van der Waals surface area (Å²) in [6, 6.07) is 11.5. The van der Waals surface area contributed by atoms with Crippen LogP contribution < -0.4 is 15.5 Å². The van der Waals surface area contributed by atoms with Gasteiger partial charge in [0.1, 0.15) is 0 Å². The van der Waals surface area contributed by atoms with Gasteiger partial charge in [-0.15, -0.1) is 0 Å². The number of aromatic hydroxyl groups is 1. The second-order valence-electron chi connectivity index (χ2n) is 4.92. The summed E-state index contributed by atoms with van der Waals surface area (Å²) in [5.41, 5.74) is 3.38. The SMILES string of the molecule is COc1cc(/C=N/NC(=O)CNC(=O)c2cccc(Br)c2)ccc1O. The van der Waals surface area contributed by atoms with E-state index in [1.165, 1.54) is 19.4 Å². The van der Waals surface area contributed by atoms with Gasteiger partial charge in [-0.3, -0.25) is 9.59 Å². The van der Waals surface area contributed by atoms with Gasteiger partial charge in [-0.25, -0.2) is 5.43 Å². The summed E-state index contributed by atoms with van der Waals surface area (Å²) in [4.78, 5) is 23.6. The first kappa shape index (κ1) is 18.5. The summed E-state index contributed by atoms with van der Waals surface area (Å²) >= 11 is 3.28. The summed E-state index contributed by atoms with van der Waals surface area (Å²) in [5, 5.41) is 15.8. The maximum atomic E-state index is 11.9. The molecule has 0 aliphatic heterocycles. The van der Waals surface area contributed by atoms with Crippen molar-refractivity contribution in [2.24, 2.45) is 5.10 Å². The maximum absolute atomic E-state index is 11.9. The standard InChI is InChI=1S/C17H16BrN3O4/c1-25-15-7-11(5-6-14(15)22)9-20-21-16(23)10-19-17(24)12-3-2-4-13(18)8-12/h2-9,22H,10H2,1H3,(H,19,24)(H,21,23)/b20-9+. The van der Waals surface area contributed by atoms with Gasteiger partial charge in [0.2, 0.25) is 0 Å². The van der Waals surface area contributed by atoms with Crippen molar-refractivity contribution in [2.45, 2.75) is 0 Å². The topological polar surface area (TPSA) is 100 Å². The number of methoxy groups -OCH3 is 1. The zero-order chi connectivity index (χ0) is 18.2. The molecule has 0 radical (unpaired) electrons. The number of nitrogens with one attached hydrogen (secondary N) is 2. The number of ether oxygens (including phenoxy) is 1. The molecule has 3 N–H and O–H groups in total. The van der Waals surface area contributed by atoms with Crippen LogP contribution in [0.25, 0.3) is 0 Å². The van der Waals surface area contributed by atoms with Gasteiger partial charge in [-0.2, -0.15) is 5.10 Å². The van der Waals surface area contributed by atoms with E-state index in [2.05, 4.69) is 31.8 Å². The van der Waals surface area contributed by atoms with Gasteiger partial charge in [0.25, 0.3) is 11.8 Å². The number of amides is 2. The second kappa shape index (κ2) is 8.84. The fourth-order valence-electron chi connectivity index (χ4n) is 1.89. The number of hydrogen-bond donors (Lipinski definition) is 3. The Hall–Kier alpha value is -2.87. The molecular weight excluding hydrogens is 390 g/mol. The molecule has 0 atom stereocenters. The van der Waals surface area contributed by atoms with Crippen molar-refractivity contribution < 1.29 is 19.4 Å². The summed E-state index contributed by atoms with van der Waals surface area (Å²) in [7, 11) is 1.44. The molecule has 0 fully saturated rings. The van der Waals surface area contributed by atoms with Crippen LogP contribution in [0.2, 0.25) is 0 Å². The van der Waals surface area contributed by atoms with E-state index < -0.39 is 5.91 Å². The molecule has 0 unspecified atom stereocenters. The van der Waals surface area contributed by atoms with E-state index in [4.69, 9.17) is 4.74 Å². The number of phenolic OH excluding ortho intramolecular Hbond substituents is 1. The lowest BCUT2D eigenvalue weighted by atomic mass is 10.2. The highest BCUT2D eigenvalue weighted by molar-refractivity contribution is 9.10. The Labute approximate surface area is 152 Å². The Kier molecular flexibility index (Phi) is 6.53. The number of phenols is 1. The number of benzene rings is 2. The fraction of sp³-hybridized carbons (Fsp3) is 0.118. The van der Waals surface area contributed by atoms with Gasteiger partial charge in [0, 0.05) is 10.0 Å². The Morgan fingerprint density at radius 1 is 1.28 bits per heavy atom. The van der Waals surface area contributed by atoms with Gasteiger partial charge < -0.3 is 15.2 Å². The molecule has 2 amide bonds. The first-order valence-corrected chi connectivity index (χ1v) is 8.01. The van der Waals surface area contributed by atoms with Crippen LogP contribution in [0.1, 0.15) is 15.9 Å². The number of halogens is 1. The number of carbonyl (C=O) groups excluding carboxylic acids is 2. The van der Waals surface area contributed by atoms with Gasteiger partial charge >= 0.3 is 0 Å². The van der Waals surface area contributed by atoms with Gasteiger partial charge in [0.15, 0.2) is 11.5 Å². The first-order valence-electron chi connectivity index (χ1n) is 7.22. The zero-order valence-corrected chi connectivity index (χ0v) is 14.9. The Morgan fingerprint density at radius 3 is 2.80 bits per heavy atom. The van der Waals surface area contributed by atoms with Crippen LogP contribution in [0.3, 0.4) is 0 Å². The van der Waals surface area contributed by atoms with E-state index in [9.17, 15) is 14.7 Å². The van der Waals surface area contributed by atoms with E-state index >= 15 is 0 Å². The van der Waals surface area contributed by atoms with Crippen molar-refractivity contribution >= 4 is 34.0 Å². The van der Waals surface area contributed by atoms with Crippen molar-refractivity contribution in [3.05, 3.63) is 58.1 Å². The molecule has 0 saturated carbocycles. The largest absolute Gasteiger partial charge is 0.504 e. The predicted molar refractivity (Wildman–Crippen MR) is 96.9 cm³/mol. The van der Waals surface area contributed by atoms with Gasteiger partial charge in [-0.05, 0) is 42.0 Å². The quantitative estimate of drug-likeness (QED) is 0.505. The lowest BCUT2D eigenvalue weighted by Gasteiger charge is -2.05. The lowest BCUT2D eigenvalue weighted by molar-refractivity contribution is -0.120. The molecule has 2 aromatic rings. The van der Waals surface area contributed by atoms with Crippen LogP contribution in [-0.2, 0) is 4.79 Å². The molecule has 0 heterocycles. The average molecular weight is 406 g/mol. The summed E-state index contributed by atoms with van der Waals surface area (Å²) in [5.74, 6) is -0.510. The molecule has 2 rings (SSSR count). The van der Waals surface area contributed by atoms with Gasteiger partial charge in [-0.1, -0.05) is 22.0 Å². The molecule has 0 aromatic heterocycles. The van der Waals surface area contributed by atoms with Crippen molar-refractivity contribution in [1.82, 2.24) is 10.7 Å². The smallest absolute Gasteiger partial charge is 0.259 e. The highest BCUT2D eigenvalue weighted by atomic mass is 79.9.